The van der Waals surface area contributed by atoms with E-state index in [1.54, 1.807) is 47.0 Å². The molecular formula is C33H25N5O5S. The third-order valence-electron chi connectivity index (χ3n) is 7.05. The van der Waals surface area contributed by atoms with Crippen LogP contribution in [0.5, 0.6) is 0 Å². The number of nitro benzene ring substituents is 1. The summed E-state index contributed by atoms with van der Waals surface area (Å²) in [5.74, 6) is -0.599. The summed E-state index contributed by atoms with van der Waals surface area (Å²) in [6, 6.07) is 30.6. The first-order valence-corrected chi connectivity index (χ1v) is 15.2. The molecule has 0 aliphatic rings. The number of rotatable bonds is 9. The number of anilines is 1. The molecule has 1 amide bonds. The number of nitrogens with zero attached hydrogens (tertiary/aromatic N) is 4. The Balaban J connectivity index is 1.52. The first-order valence-electron chi connectivity index (χ1n) is 13.7. The molecule has 218 valence electrons. The lowest BCUT2D eigenvalue weighted by atomic mass is 10.1. The molecule has 0 aliphatic heterocycles. The topological polar surface area (TPSA) is 137 Å². The summed E-state index contributed by atoms with van der Waals surface area (Å²) in [7, 11) is -4.19. The molecule has 1 N–H and O–H groups in total. The molecule has 11 heteroatoms. The average molecular weight is 604 g/mol. The maximum absolute atomic E-state index is 14.2. The number of nitrogens with one attached hydrogen (secondary N) is 1. The number of fused-ring (bicyclic) bond motifs is 2. The van der Waals surface area contributed by atoms with Gasteiger partial charge < -0.3 is 9.88 Å². The lowest BCUT2D eigenvalue weighted by Gasteiger charge is -2.13. The molecule has 6 aromatic rings. The number of aryl methyl sites for hydroxylation is 2. The van der Waals surface area contributed by atoms with Gasteiger partial charge in [-0.25, -0.2) is 18.4 Å². The number of hydrogen-bond donors (Lipinski definition) is 1. The predicted molar refractivity (Wildman–Crippen MR) is 168 cm³/mol. The molecule has 44 heavy (non-hydrogen) atoms. The van der Waals surface area contributed by atoms with Gasteiger partial charge in [0.25, 0.3) is 5.69 Å². The fourth-order valence-corrected chi connectivity index (χ4v) is 6.50. The van der Waals surface area contributed by atoms with E-state index in [1.165, 1.54) is 42.5 Å². The lowest BCUT2D eigenvalue weighted by Crippen LogP contribution is -2.16. The van der Waals surface area contributed by atoms with E-state index in [9.17, 15) is 23.3 Å². The summed E-state index contributed by atoms with van der Waals surface area (Å²) in [5, 5.41) is 14.0. The first kappa shape index (κ1) is 28.4. The summed E-state index contributed by atoms with van der Waals surface area (Å²) >= 11 is 0. The van der Waals surface area contributed by atoms with Crippen LogP contribution in [0, 0.1) is 10.1 Å². The zero-order valence-corrected chi connectivity index (χ0v) is 24.0. The minimum atomic E-state index is -4.19. The van der Waals surface area contributed by atoms with Crippen molar-refractivity contribution < 1.29 is 18.1 Å². The average Bonchev–Trinajstić information content (AvgIpc) is 3.34. The molecule has 2 aromatic heterocycles. The molecule has 0 fully saturated rings. The van der Waals surface area contributed by atoms with Crippen LogP contribution in [0.4, 0.5) is 11.5 Å². The van der Waals surface area contributed by atoms with Gasteiger partial charge in [-0.3, -0.25) is 14.9 Å². The minimum absolute atomic E-state index is 0.0313. The number of benzene rings is 4. The summed E-state index contributed by atoms with van der Waals surface area (Å²) < 4.78 is 30.2. The Morgan fingerprint density at radius 3 is 2.23 bits per heavy atom. The van der Waals surface area contributed by atoms with Gasteiger partial charge >= 0.3 is 0 Å². The summed E-state index contributed by atoms with van der Waals surface area (Å²) in [6.07, 6.45) is 3.15. The van der Waals surface area contributed by atoms with Gasteiger partial charge in [-0.1, -0.05) is 72.8 Å². The number of sulfone groups is 1. The van der Waals surface area contributed by atoms with Gasteiger partial charge in [-0.05, 0) is 47.9 Å². The molecule has 2 heterocycles. The van der Waals surface area contributed by atoms with Crippen molar-refractivity contribution in [1.29, 1.82) is 0 Å². The Bertz CT molecular complexity index is 2160. The van der Waals surface area contributed by atoms with Crippen molar-refractivity contribution in [3.8, 4) is 0 Å². The summed E-state index contributed by atoms with van der Waals surface area (Å²) in [5.41, 5.74) is 2.86. The van der Waals surface area contributed by atoms with Gasteiger partial charge in [0.05, 0.1) is 20.9 Å². The summed E-state index contributed by atoms with van der Waals surface area (Å²) in [4.78, 5) is 33.5. The van der Waals surface area contributed by atoms with Crippen molar-refractivity contribution in [2.45, 2.75) is 22.8 Å². The van der Waals surface area contributed by atoms with E-state index in [0.717, 1.165) is 5.56 Å². The molecule has 0 spiro atoms. The molecule has 0 unspecified atom stereocenters. The van der Waals surface area contributed by atoms with Crippen LogP contribution >= 0.6 is 0 Å². The maximum Gasteiger partial charge on any atom is 0.270 e. The Hall–Kier alpha value is -5.68. The van der Waals surface area contributed by atoms with E-state index < -0.39 is 20.7 Å². The van der Waals surface area contributed by atoms with Crippen LogP contribution in [-0.4, -0.2) is 33.8 Å². The van der Waals surface area contributed by atoms with Crippen LogP contribution in [0.2, 0.25) is 0 Å². The van der Waals surface area contributed by atoms with Crippen LogP contribution < -0.4 is 5.32 Å². The van der Waals surface area contributed by atoms with Crippen molar-refractivity contribution in [2.75, 3.05) is 5.32 Å². The Morgan fingerprint density at radius 2 is 1.52 bits per heavy atom. The fraction of sp³-hybridized carbons (Fsp3) is 0.0606. The molecule has 4 aromatic carbocycles. The van der Waals surface area contributed by atoms with E-state index in [2.05, 4.69) is 5.32 Å². The largest absolute Gasteiger partial charge is 0.309 e. The van der Waals surface area contributed by atoms with Gasteiger partial charge in [0, 0.05) is 24.8 Å². The van der Waals surface area contributed by atoms with Crippen molar-refractivity contribution >= 4 is 55.5 Å². The third-order valence-corrected chi connectivity index (χ3v) is 8.86. The highest BCUT2D eigenvalue weighted by Gasteiger charge is 2.32. The van der Waals surface area contributed by atoms with Crippen LogP contribution in [0.1, 0.15) is 11.1 Å². The smallest absolute Gasteiger partial charge is 0.270 e. The molecule has 10 nitrogen and oxygen atoms in total. The Labute approximate surface area is 252 Å². The van der Waals surface area contributed by atoms with Crippen LogP contribution in [0.15, 0.2) is 125 Å². The lowest BCUT2D eigenvalue weighted by molar-refractivity contribution is -0.384. The zero-order valence-electron chi connectivity index (χ0n) is 23.2. The van der Waals surface area contributed by atoms with E-state index in [4.69, 9.17) is 9.97 Å². The van der Waals surface area contributed by atoms with Crippen LogP contribution in [-0.2, 0) is 27.6 Å². The van der Waals surface area contributed by atoms with Gasteiger partial charge in [-0.2, -0.15) is 0 Å². The number of aromatic nitrogens is 3. The highest BCUT2D eigenvalue weighted by molar-refractivity contribution is 7.92. The van der Waals surface area contributed by atoms with E-state index in [-0.39, 0.29) is 26.8 Å². The molecule has 0 radical (unpaired) electrons. The molecule has 0 saturated heterocycles. The highest BCUT2D eigenvalue weighted by Crippen LogP contribution is 2.37. The van der Waals surface area contributed by atoms with Gasteiger partial charge in [0.1, 0.15) is 16.2 Å². The minimum Gasteiger partial charge on any atom is -0.309 e. The third kappa shape index (κ3) is 5.68. The first-order chi connectivity index (χ1) is 21.3. The second-order valence-corrected chi connectivity index (χ2v) is 11.8. The second-order valence-electron chi connectivity index (χ2n) is 9.94. The van der Waals surface area contributed by atoms with Crippen molar-refractivity contribution in [3.63, 3.8) is 0 Å². The van der Waals surface area contributed by atoms with Crippen LogP contribution in [0.25, 0.3) is 28.3 Å². The van der Waals surface area contributed by atoms with E-state index in [1.807, 2.05) is 36.4 Å². The van der Waals surface area contributed by atoms with Crippen molar-refractivity contribution in [2.24, 2.45) is 0 Å². The standard InChI is InChI=1S/C33H25N5O5S/c39-29(19-18-24-12-9-13-25(22-24)38(40)41)36-33-31(44(42,43)26-14-5-2-6-15-26)30-32(35-28-17-8-7-16-27(28)34-30)37(33)21-20-23-10-3-1-4-11-23/h1-19,22H,20-21H2,(H,36,39)/b19-18+. The molecule has 0 bridgehead atoms. The molecule has 6 rings (SSSR count). The molecule has 0 aliphatic carbocycles. The number of non-ortho nitro benzene ring substituents is 1. The second kappa shape index (κ2) is 11.9. The number of hydrogen-bond acceptors (Lipinski definition) is 7. The molecule has 0 atom stereocenters. The number of nitro groups is 1. The van der Waals surface area contributed by atoms with Gasteiger partial charge in [-0.15, -0.1) is 0 Å². The Morgan fingerprint density at radius 1 is 0.864 bits per heavy atom. The molecular weight excluding hydrogens is 578 g/mol. The summed E-state index contributed by atoms with van der Waals surface area (Å²) in [6.45, 7) is 0.294. The Kier molecular flexibility index (Phi) is 7.69. The van der Waals surface area contributed by atoms with Gasteiger partial charge in [0.2, 0.25) is 15.7 Å². The van der Waals surface area contributed by atoms with Crippen molar-refractivity contribution in [1.82, 2.24) is 14.5 Å². The fourth-order valence-electron chi connectivity index (χ4n) is 4.94. The maximum atomic E-state index is 14.2. The predicted octanol–water partition coefficient (Wildman–Crippen LogP) is 6.22. The van der Waals surface area contributed by atoms with E-state index in [0.29, 0.717) is 35.2 Å². The number of carbonyl (C=O) groups excluding carboxylic acids is 1. The quantitative estimate of drug-likeness (QED) is 0.118. The highest BCUT2D eigenvalue weighted by atomic mass is 32.2. The van der Waals surface area contributed by atoms with Crippen molar-refractivity contribution in [3.05, 3.63) is 137 Å². The SMILES string of the molecule is O=C(/C=C/c1cccc([N+](=O)[O-])c1)Nc1c(S(=O)(=O)c2ccccc2)c2nc3ccccc3nc2n1CCc1ccccc1. The zero-order chi connectivity index (χ0) is 30.7. The monoisotopic (exact) mass is 603 g/mol. The van der Waals surface area contributed by atoms with Crippen LogP contribution in [0.3, 0.4) is 0 Å². The number of carbonyl (C=O) groups is 1. The number of amides is 1. The van der Waals surface area contributed by atoms with Gasteiger partial charge in [0.15, 0.2) is 5.65 Å². The number of para-hydroxylation sites is 2. The normalized spacial score (nSPS) is 11.7. The molecule has 0 saturated carbocycles. The van der Waals surface area contributed by atoms with E-state index >= 15 is 0 Å².